The Balaban J connectivity index is 0.00000529. The van der Waals surface area contributed by atoms with Crippen molar-refractivity contribution in [3.63, 3.8) is 0 Å². The number of guanidine groups is 1. The second-order valence-corrected chi connectivity index (χ2v) is 6.19. The van der Waals surface area contributed by atoms with Gasteiger partial charge >= 0.3 is 5.97 Å². The summed E-state index contributed by atoms with van der Waals surface area (Å²) in [5.74, 6) is 0.703. The molecule has 24 heavy (non-hydrogen) atoms. The number of halogens is 1. The van der Waals surface area contributed by atoms with Crippen molar-refractivity contribution in [3.8, 4) is 0 Å². The molecular formula is C17H35IN4O2. The number of carbonyl (C=O) groups excluding carboxylic acids is 1. The average molecular weight is 454 g/mol. The number of unbranched alkanes of at least 4 members (excludes halogenated alkanes) is 1. The van der Waals surface area contributed by atoms with E-state index in [2.05, 4.69) is 32.2 Å². The Morgan fingerprint density at radius 3 is 2.54 bits per heavy atom. The summed E-state index contributed by atoms with van der Waals surface area (Å²) in [7, 11) is 3.22. The van der Waals surface area contributed by atoms with Gasteiger partial charge in [-0.2, -0.15) is 0 Å². The quantitative estimate of drug-likeness (QED) is 0.184. The predicted octanol–water partition coefficient (Wildman–Crippen LogP) is 2.38. The zero-order valence-corrected chi connectivity index (χ0v) is 17.8. The highest BCUT2D eigenvalue weighted by atomic mass is 127. The van der Waals surface area contributed by atoms with Crippen LogP contribution in [0.5, 0.6) is 0 Å². The van der Waals surface area contributed by atoms with Gasteiger partial charge in [-0.05, 0) is 45.6 Å². The van der Waals surface area contributed by atoms with Gasteiger partial charge in [-0.25, -0.2) is 0 Å². The van der Waals surface area contributed by atoms with E-state index in [1.54, 1.807) is 7.05 Å². The number of carbonyl (C=O) groups is 1. The van der Waals surface area contributed by atoms with Gasteiger partial charge in [-0.15, -0.1) is 24.0 Å². The Labute approximate surface area is 164 Å². The van der Waals surface area contributed by atoms with E-state index in [0.29, 0.717) is 6.42 Å². The lowest BCUT2D eigenvalue weighted by atomic mass is 10.0. The number of ether oxygens (including phenoxy) is 1. The Morgan fingerprint density at radius 2 is 1.92 bits per heavy atom. The molecule has 0 spiro atoms. The lowest BCUT2D eigenvalue weighted by molar-refractivity contribution is -0.140. The maximum atomic E-state index is 11.0. The fourth-order valence-electron chi connectivity index (χ4n) is 2.90. The molecule has 0 amide bonds. The highest BCUT2D eigenvalue weighted by Crippen LogP contribution is 2.15. The highest BCUT2D eigenvalue weighted by Gasteiger charge is 2.16. The highest BCUT2D eigenvalue weighted by molar-refractivity contribution is 14.0. The van der Waals surface area contributed by atoms with E-state index < -0.39 is 0 Å². The number of rotatable bonds is 9. The molecule has 6 nitrogen and oxygen atoms in total. The Morgan fingerprint density at radius 1 is 1.21 bits per heavy atom. The maximum Gasteiger partial charge on any atom is 0.305 e. The average Bonchev–Trinajstić information content (AvgIpc) is 2.57. The lowest BCUT2D eigenvalue weighted by Crippen LogP contribution is -2.41. The number of esters is 1. The van der Waals surface area contributed by atoms with Crippen LogP contribution in [0.3, 0.4) is 0 Å². The Hall–Kier alpha value is -0.570. The molecule has 0 saturated carbocycles. The predicted molar refractivity (Wildman–Crippen MR) is 110 cm³/mol. The van der Waals surface area contributed by atoms with Crippen molar-refractivity contribution in [2.24, 2.45) is 4.99 Å². The first-order valence-corrected chi connectivity index (χ1v) is 8.92. The van der Waals surface area contributed by atoms with Gasteiger partial charge in [0, 0.05) is 39.1 Å². The molecule has 0 radical (unpaired) electrons. The first-order chi connectivity index (χ1) is 11.2. The molecule has 1 rings (SSSR count). The van der Waals surface area contributed by atoms with Gasteiger partial charge in [-0.3, -0.25) is 9.79 Å². The normalized spacial score (nSPS) is 18.6. The second-order valence-electron chi connectivity index (χ2n) is 6.19. The van der Waals surface area contributed by atoms with Gasteiger partial charge in [0.25, 0.3) is 0 Å². The van der Waals surface area contributed by atoms with Crippen LogP contribution in [-0.4, -0.2) is 63.2 Å². The van der Waals surface area contributed by atoms with E-state index in [9.17, 15) is 4.79 Å². The molecule has 2 N–H and O–H groups in total. The smallest absolute Gasteiger partial charge is 0.305 e. The topological polar surface area (TPSA) is 66.0 Å². The minimum atomic E-state index is -0.139. The summed E-state index contributed by atoms with van der Waals surface area (Å²) in [4.78, 5) is 17.8. The number of nitrogens with zero attached hydrogens (tertiary/aromatic N) is 2. The molecule has 1 aliphatic rings. The van der Waals surface area contributed by atoms with Crippen LogP contribution in [-0.2, 0) is 9.53 Å². The summed E-state index contributed by atoms with van der Waals surface area (Å²) in [6.45, 7) is 6.49. The zero-order chi connectivity index (χ0) is 16.9. The van der Waals surface area contributed by atoms with Gasteiger partial charge in [0.15, 0.2) is 5.96 Å². The van der Waals surface area contributed by atoms with E-state index in [-0.39, 0.29) is 29.9 Å². The van der Waals surface area contributed by atoms with Crippen LogP contribution in [0.1, 0.15) is 51.9 Å². The third-order valence-corrected chi connectivity index (χ3v) is 4.41. The molecule has 0 aromatic heterocycles. The van der Waals surface area contributed by atoms with Crippen LogP contribution >= 0.6 is 24.0 Å². The molecule has 1 saturated heterocycles. The standard InChI is InChI=1S/C17H34N4O2.HI/c1-15-9-5-7-13-21(15)14-8-12-20-17(18-2)19-11-6-4-10-16(22)23-3;/h15H,4-14H2,1-3H3,(H2,18,19,20);1H. The van der Waals surface area contributed by atoms with Gasteiger partial charge in [0.1, 0.15) is 0 Å². The summed E-state index contributed by atoms with van der Waals surface area (Å²) in [6, 6.07) is 0.732. The van der Waals surface area contributed by atoms with Gasteiger partial charge < -0.3 is 20.3 Å². The van der Waals surface area contributed by atoms with Crippen molar-refractivity contribution in [2.45, 2.75) is 57.9 Å². The van der Waals surface area contributed by atoms with Crippen molar-refractivity contribution in [1.29, 1.82) is 0 Å². The maximum absolute atomic E-state index is 11.0. The van der Waals surface area contributed by atoms with Crippen molar-refractivity contribution in [2.75, 3.05) is 40.3 Å². The van der Waals surface area contributed by atoms with Crippen molar-refractivity contribution in [3.05, 3.63) is 0 Å². The SMILES string of the molecule is CN=C(NCCCCC(=O)OC)NCCCN1CCCCC1C.I. The number of methoxy groups -OCH3 is 1. The van der Waals surface area contributed by atoms with Crippen LogP contribution in [0.25, 0.3) is 0 Å². The molecule has 0 bridgehead atoms. The first-order valence-electron chi connectivity index (χ1n) is 8.92. The molecule has 1 aliphatic heterocycles. The van der Waals surface area contributed by atoms with Crippen molar-refractivity contribution < 1.29 is 9.53 Å². The summed E-state index contributed by atoms with van der Waals surface area (Å²) < 4.78 is 4.62. The number of hydrogen-bond donors (Lipinski definition) is 2. The molecule has 0 aliphatic carbocycles. The molecule has 0 aromatic carbocycles. The third-order valence-electron chi connectivity index (χ3n) is 4.41. The molecule has 1 fully saturated rings. The van der Waals surface area contributed by atoms with E-state index in [0.717, 1.165) is 50.9 Å². The molecule has 142 valence electrons. The summed E-state index contributed by atoms with van der Waals surface area (Å²) >= 11 is 0. The number of piperidine rings is 1. The Bertz CT molecular complexity index is 366. The molecule has 1 unspecified atom stereocenters. The number of hydrogen-bond acceptors (Lipinski definition) is 4. The van der Waals surface area contributed by atoms with Crippen molar-refractivity contribution in [1.82, 2.24) is 15.5 Å². The third kappa shape index (κ3) is 10.3. The van der Waals surface area contributed by atoms with Crippen LogP contribution < -0.4 is 10.6 Å². The summed E-state index contributed by atoms with van der Waals surface area (Å²) in [5, 5.41) is 6.64. The molecular weight excluding hydrogens is 419 g/mol. The number of likely N-dealkylation sites (tertiary alicyclic amines) is 1. The van der Waals surface area contributed by atoms with Gasteiger partial charge in [-0.1, -0.05) is 6.42 Å². The van der Waals surface area contributed by atoms with Crippen molar-refractivity contribution >= 4 is 35.9 Å². The first kappa shape index (κ1) is 23.4. The zero-order valence-electron chi connectivity index (χ0n) is 15.5. The van der Waals surface area contributed by atoms with E-state index in [4.69, 9.17) is 0 Å². The van der Waals surface area contributed by atoms with E-state index in [1.807, 2.05) is 0 Å². The fraction of sp³-hybridized carbons (Fsp3) is 0.882. The van der Waals surface area contributed by atoms with Crippen LogP contribution in [0, 0.1) is 0 Å². The van der Waals surface area contributed by atoms with Gasteiger partial charge in [0.2, 0.25) is 0 Å². The van der Waals surface area contributed by atoms with Crippen LogP contribution in [0.15, 0.2) is 4.99 Å². The second kappa shape index (κ2) is 14.7. The fourth-order valence-corrected chi connectivity index (χ4v) is 2.90. The summed E-state index contributed by atoms with van der Waals surface area (Å²) in [5.41, 5.74) is 0. The van der Waals surface area contributed by atoms with E-state index >= 15 is 0 Å². The molecule has 7 heteroatoms. The summed E-state index contributed by atoms with van der Waals surface area (Å²) in [6.07, 6.45) is 7.44. The monoisotopic (exact) mass is 454 g/mol. The molecule has 1 atom stereocenters. The Kier molecular flexibility index (Phi) is 14.4. The van der Waals surface area contributed by atoms with Crippen LogP contribution in [0.4, 0.5) is 0 Å². The van der Waals surface area contributed by atoms with E-state index in [1.165, 1.54) is 32.9 Å². The minimum Gasteiger partial charge on any atom is -0.469 e. The van der Waals surface area contributed by atoms with Gasteiger partial charge in [0.05, 0.1) is 7.11 Å². The minimum absolute atomic E-state index is 0. The number of aliphatic imine (C=N–C) groups is 1. The molecule has 1 heterocycles. The lowest BCUT2D eigenvalue weighted by Gasteiger charge is -2.33. The number of nitrogens with one attached hydrogen (secondary N) is 2. The largest absolute Gasteiger partial charge is 0.469 e. The van der Waals surface area contributed by atoms with Crippen LogP contribution in [0.2, 0.25) is 0 Å². The molecule has 0 aromatic rings.